The molecule has 1 aliphatic carbocycles. The lowest BCUT2D eigenvalue weighted by Gasteiger charge is -2.48. The van der Waals surface area contributed by atoms with Crippen molar-refractivity contribution in [3.05, 3.63) is 30.1 Å². The summed E-state index contributed by atoms with van der Waals surface area (Å²) in [5.74, 6) is 0.240. The third kappa shape index (κ3) is 3.71. The van der Waals surface area contributed by atoms with Crippen LogP contribution in [-0.2, 0) is 16.1 Å². The zero-order valence-corrected chi connectivity index (χ0v) is 14.6. The fourth-order valence-electron chi connectivity index (χ4n) is 4.25. The number of aromatic nitrogens is 1. The van der Waals surface area contributed by atoms with Crippen molar-refractivity contribution in [3.63, 3.8) is 0 Å². The lowest BCUT2D eigenvalue weighted by molar-refractivity contribution is -0.167. The molecule has 0 atom stereocenters. The number of morpholine rings is 1. The zero-order valence-electron chi connectivity index (χ0n) is 14.6. The molecule has 3 fully saturated rings. The molecule has 0 unspecified atom stereocenters. The Morgan fingerprint density at radius 1 is 1.24 bits per heavy atom. The molecule has 1 saturated carbocycles. The van der Waals surface area contributed by atoms with Crippen LogP contribution in [-0.4, -0.2) is 70.3 Å². The second-order valence-electron chi connectivity index (χ2n) is 7.75. The second kappa shape index (κ2) is 7.02. The number of pyridine rings is 1. The van der Waals surface area contributed by atoms with Crippen LogP contribution in [0.2, 0.25) is 0 Å². The molecule has 1 amide bonds. The number of likely N-dealkylation sites (tertiary alicyclic amines) is 1. The quantitative estimate of drug-likeness (QED) is 0.887. The van der Waals surface area contributed by atoms with Gasteiger partial charge < -0.3 is 14.7 Å². The summed E-state index contributed by atoms with van der Waals surface area (Å²) in [6.45, 7) is 4.96. The molecule has 1 spiro atoms. The van der Waals surface area contributed by atoms with Crippen LogP contribution in [0.25, 0.3) is 0 Å². The lowest BCUT2D eigenvalue weighted by atomic mass is 9.80. The van der Waals surface area contributed by atoms with Gasteiger partial charge in [0.1, 0.15) is 0 Å². The van der Waals surface area contributed by atoms with E-state index in [2.05, 4.69) is 22.0 Å². The van der Waals surface area contributed by atoms with Gasteiger partial charge in [-0.1, -0.05) is 0 Å². The van der Waals surface area contributed by atoms with Gasteiger partial charge in [-0.2, -0.15) is 0 Å². The predicted octanol–water partition coefficient (Wildman–Crippen LogP) is 1.05. The first-order valence-corrected chi connectivity index (χ1v) is 9.36. The maximum absolute atomic E-state index is 12.6. The van der Waals surface area contributed by atoms with Crippen molar-refractivity contribution in [2.75, 3.05) is 32.8 Å². The second-order valence-corrected chi connectivity index (χ2v) is 7.75. The van der Waals surface area contributed by atoms with Gasteiger partial charge in [0.25, 0.3) is 0 Å². The fraction of sp³-hybridized carbons (Fsp3) is 0.684. The maximum atomic E-state index is 12.6. The van der Waals surface area contributed by atoms with Crippen LogP contribution in [0.1, 0.15) is 31.2 Å². The normalized spacial score (nSPS) is 29.4. The van der Waals surface area contributed by atoms with Gasteiger partial charge in [0.15, 0.2) is 0 Å². The minimum Gasteiger partial charge on any atom is -0.393 e. The number of hydrogen-bond acceptors (Lipinski definition) is 5. The summed E-state index contributed by atoms with van der Waals surface area (Å²) in [6.07, 6.45) is 6.59. The molecule has 6 nitrogen and oxygen atoms in total. The van der Waals surface area contributed by atoms with E-state index in [-0.39, 0.29) is 23.5 Å². The Balaban J connectivity index is 1.31. The van der Waals surface area contributed by atoms with Gasteiger partial charge in [-0.05, 0) is 43.4 Å². The van der Waals surface area contributed by atoms with E-state index in [0.717, 1.165) is 32.5 Å². The molecular formula is C19H27N3O3. The Kier molecular flexibility index (Phi) is 4.75. The highest BCUT2D eigenvalue weighted by Crippen LogP contribution is 2.34. The molecular weight excluding hydrogens is 318 g/mol. The van der Waals surface area contributed by atoms with E-state index < -0.39 is 0 Å². The number of carbonyl (C=O) groups is 1. The molecule has 4 rings (SSSR count). The van der Waals surface area contributed by atoms with Crippen LogP contribution in [0.4, 0.5) is 0 Å². The van der Waals surface area contributed by atoms with Crippen molar-refractivity contribution in [2.45, 2.75) is 43.9 Å². The van der Waals surface area contributed by atoms with Crippen LogP contribution in [0.15, 0.2) is 24.5 Å². The van der Waals surface area contributed by atoms with Crippen molar-refractivity contribution < 1.29 is 14.6 Å². The Hall–Kier alpha value is -1.50. The predicted molar refractivity (Wildman–Crippen MR) is 92.7 cm³/mol. The minimum absolute atomic E-state index is 0.0249. The number of piperidine rings is 1. The smallest absolute Gasteiger partial charge is 0.226 e. The highest BCUT2D eigenvalue weighted by atomic mass is 16.5. The van der Waals surface area contributed by atoms with E-state index >= 15 is 0 Å². The van der Waals surface area contributed by atoms with Crippen LogP contribution in [0.5, 0.6) is 0 Å². The number of carbonyl (C=O) groups excluding carboxylic acids is 1. The molecule has 6 heteroatoms. The number of aliphatic hydroxyl groups is 1. The number of nitrogens with zero attached hydrogens (tertiary/aromatic N) is 3. The Bertz CT molecular complexity index is 595. The lowest BCUT2D eigenvalue weighted by Crippen LogP contribution is -2.59. The average Bonchev–Trinajstić information content (AvgIpc) is 2.62. The summed E-state index contributed by atoms with van der Waals surface area (Å²) in [4.78, 5) is 21.1. The highest BCUT2D eigenvalue weighted by molar-refractivity contribution is 5.80. The average molecular weight is 345 g/mol. The van der Waals surface area contributed by atoms with Gasteiger partial charge >= 0.3 is 0 Å². The monoisotopic (exact) mass is 345 g/mol. The molecule has 3 heterocycles. The van der Waals surface area contributed by atoms with Gasteiger partial charge in [0.2, 0.25) is 5.91 Å². The first-order valence-electron chi connectivity index (χ1n) is 9.36. The SMILES string of the molecule is O=C(C1CC(O)C1)N1CCOC2(CCN(Cc3ccncc3)CC2)C1. The van der Waals surface area contributed by atoms with E-state index in [9.17, 15) is 9.90 Å². The standard InChI is InChI=1S/C19H27N3O3/c23-17-11-16(12-17)18(24)22-9-10-25-19(14-22)3-7-21(8-4-19)13-15-1-5-20-6-2-15/h1-2,5-6,16-17,23H,3-4,7-14H2. The van der Waals surface area contributed by atoms with Gasteiger partial charge in [-0.25, -0.2) is 0 Å². The largest absolute Gasteiger partial charge is 0.393 e. The van der Waals surface area contributed by atoms with Crippen LogP contribution in [0, 0.1) is 5.92 Å². The molecule has 1 aromatic rings. The first-order chi connectivity index (χ1) is 12.1. The maximum Gasteiger partial charge on any atom is 0.226 e. The summed E-state index contributed by atoms with van der Waals surface area (Å²) >= 11 is 0. The highest BCUT2D eigenvalue weighted by Gasteiger charge is 2.43. The molecule has 3 aliphatic rings. The summed E-state index contributed by atoms with van der Waals surface area (Å²) in [6, 6.07) is 4.13. The Morgan fingerprint density at radius 3 is 2.64 bits per heavy atom. The number of ether oxygens (including phenoxy) is 1. The number of rotatable bonds is 3. The van der Waals surface area contributed by atoms with Gasteiger partial charge in [-0.3, -0.25) is 14.7 Å². The van der Waals surface area contributed by atoms with Gasteiger partial charge in [0, 0.05) is 51.0 Å². The van der Waals surface area contributed by atoms with Crippen molar-refractivity contribution in [1.29, 1.82) is 0 Å². The van der Waals surface area contributed by atoms with E-state index in [0.29, 0.717) is 32.5 Å². The molecule has 0 bridgehead atoms. The summed E-state index contributed by atoms with van der Waals surface area (Å²) in [5, 5.41) is 9.45. The first kappa shape index (κ1) is 16.9. The summed E-state index contributed by atoms with van der Waals surface area (Å²) in [7, 11) is 0. The Morgan fingerprint density at radius 2 is 1.96 bits per heavy atom. The molecule has 136 valence electrons. The van der Waals surface area contributed by atoms with Crippen LogP contribution < -0.4 is 0 Å². The molecule has 2 aliphatic heterocycles. The van der Waals surface area contributed by atoms with Crippen LogP contribution >= 0.6 is 0 Å². The van der Waals surface area contributed by atoms with Gasteiger partial charge in [-0.15, -0.1) is 0 Å². The van der Waals surface area contributed by atoms with E-state index in [1.54, 1.807) is 0 Å². The number of hydrogen-bond donors (Lipinski definition) is 1. The number of aliphatic hydroxyl groups excluding tert-OH is 1. The van der Waals surface area contributed by atoms with Crippen molar-refractivity contribution in [2.24, 2.45) is 5.92 Å². The van der Waals surface area contributed by atoms with Gasteiger partial charge in [0.05, 0.1) is 18.3 Å². The minimum atomic E-state index is -0.277. The molecule has 0 radical (unpaired) electrons. The molecule has 1 aromatic heterocycles. The summed E-state index contributed by atoms with van der Waals surface area (Å²) in [5.41, 5.74) is 1.11. The molecule has 0 aromatic carbocycles. The van der Waals surface area contributed by atoms with Crippen LogP contribution in [0.3, 0.4) is 0 Å². The van der Waals surface area contributed by atoms with E-state index in [1.165, 1.54) is 5.56 Å². The van der Waals surface area contributed by atoms with Crippen molar-refractivity contribution in [1.82, 2.24) is 14.8 Å². The Labute approximate surface area is 148 Å². The van der Waals surface area contributed by atoms with E-state index in [4.69, 9.17) is 4.74 Å². The third-order valence-corrected chi connectivity index (χ3v) is 5.95. The van der Waals surface area contributed by atoms with Crippen molar-refractivity contribution in [3.8, 4) is 0 Å². The molecule has 2 saturated heterocycles. The number of amides is 1. The fourth-order valence-corrected chi connectivity index (χ4v) is 4.25. The topological polar surface area (TPSA) is 65.9 Å². The third-order valence-electron chi connectivity index (χ3n) is 5.95. The van der Waals surface area contributed by atoms with E-state index in [1.807, 2.05) is 17.3 Å². The molecule has 25 heavy (non-hydrogen) atoms. The molecule has 1 N–H and O–H groups in total. The zero-order chi connectivity index (χ0) is 17.3. The summed E-state index contributed by atoms with van der Waals surface area (Å²) < 4.78 is 6.16. The van der Waals surface area contributed by atoms with Crippen molar-refractivity contribution >= 4 is 5.91 Å².